The number of benzene rings is 1. The zero-order valence-corrected chi connectivity index (χ0v) is 20.3. The number of anilines is 2. The number of hydrogen-bond donors (Lipinski definition) is 3. The molecular formula is C23H24FN7O2S2. The topological polar surface area (TPSA) is 126 Å². The molecule has 3 heterocycles. The van der Waals surface area contributed by atoms with Crippen LogP contribution >= 0.6 is 11.3 Å². The summed E-state index contributed by atoms with van der Waals surface area (Å²) in [6.45, 7) is 1.84. The molecule has 0 spiro atoms. The number of aromatic nitrogens is 3. The molecule has 1 aliphatic heterocycles. The van der Waals surface area contributed by atoms with Crippen LogP contribution in [0.4, 0.5) is 15.5 Å². The number of rotatable bonds is 6. The second kappa shape index (κ2) is 9.82. The highest BCUT2D eigenvalue weighted by Crippen LogP contribution is 2.28. The van der Waals surface area contributed by atoms with Gasteiger partial charge in [0.15, 0.2) is 5.13 Å². The lowest BCUT2D eigenvalue weighted by Gasteiger charge is -2.30. The Hall–Kier alpha value is -3.19. The molecule has 1 aliphatic carbocycles. The van der Waals surface area contributed by atoms with Gasteiger partial charge < -0.3 is 16.4 Å². The average molecular weight is 514 g/mol. The summed E-state index contributed by atoms with van der Waals surface area (Å²) in [5.74, 6) is -0.393. The van der Waals surface area contributed by atoms with E-state index in [0.717, 1.165) is 21.3 Å². The van der Waals surface area contributed by atoms with Crippen LogP contribution < -0.4 is 16.4 Å². The molecule has 2 aliphatic rings. The van der Waals surface area contributed by atoms with Gasteiger partial charge in [-0.25, -0.2) is 27.8 Å². The number of hydrogen-bond acceptors (Lipinski definition) is 9. The van der Waals surface area contributed by atoms with E-state index in [1.807, 2.05) is 30.4 Å². The van der Waals surface area contributed by atoms with E-state index in [2.05, 4.69) is 25.6 Å². The van der Waals surface area contributed by atoms with Crippen molar-refractivity contribution in [3.05, 3.63) is 65.4 Å². The molecule has 0 amide bonds. The Bertz CT molecular complexity index is 1430. The first-order valence-electron chi connectivity index (χ1n) is 11.1. The van der Waals surface area contributed by atoms with Crippen molar-refractivity contribution in [3.8, 4) is 0 Å². The van der Waals surface area contributed by atoms with E-state index in [1.54, 1.807) is 18.5 Å². The molecule has 12 heteroatoms. The van der Waals surface area contributed by atoms with Crippen LogP contribution in [0.1, 0.15) is 17.5 Å². The van der Waals surface area contributed by atoms with Gasteiger partial charge in [-0.2, -0.15) is 4.31 Å². The highest BCUT2D eigenvalue weighted by atomic mass is 32.2. The minimum absolute atomic E-state index is 0.0491. The van der Waals surface area contributed by atoms with Crippen LogP contribution in [-0.2, 0) is 10.0 Å². The SMILES string of the molecule is Nc1nc2ccc(/C=C/c3cnc(NC4=CCC(S(=O)(=O)N5CCNCC5)C(F)=C4)nc3)cc2s1. The van der Waals surface area contributed by atoms with E-state index in [-0.39, 0.29) is 6.42 Å². The van der Waals surface area contributed by atoms with Crippen molar-refractivity contribution < 1.29 is 12.8 Å². The smallest absolute Gasteiger partial charge is 0.227 e. The first kappa shape index (κ1) is 23.5. The van der Waals surface area contributed by atoms with Gasteiger partial charge in [0, 0.05) is 49.8 Å². The first-order valence-corrected chi connectivity index (χ1v) is 13.4. The van der Waals surface area contributed by atoms with Gasteiger partial charge in [-0.3, -0.25) is 0 Å². The van der Waals surface area contributed by atoms with E-state index in [0.29, 0.717) is 43.0 Å². The molecule has 0 radical (unpaired) electrons. The maximum atomic E-state index is 14.8. The van der Waals surface area contributed by atoms with Crippen LogP contribution in [0.3, 0.4) is 0 Å². The van der Waals surface area contributed by atoms with Crippen molar-refractivity contribution in [3.63, 3.8) is 0 Å². The lowest BCUT2D eigenvalue weighted by molar-refractivity contribution is 0.354. The fraction of sp³-hybridized carbons (Fsp3) is 0.261. The number of nitrogens with one attached hydrogen (secondary N) is 2. The predicted octanol–water partition coefficient (Wildman–Crippen LogP) is 3.00. The Balaban J connectivity index is 1.22. The number of fused-ring (bicyclic) bond motifs is 1. The van der Waals surface area contributed by atoms with Crippen molar-refractivity contribution >= 4 is 54.8 Å². The molecule has 1 fully saturated rings. The summed E-state index contributed by atoms with van der Waals surface area (Å²) in [4.78, 5) is 12.8. The second-order valence-corrected chi connectivity index (χ2v) is 11.4. The van der Waals surface area contributed by atoms with Crippen LogP contribution in [0.5, 0.6) is 0 Å². The number of nitrogens with zero attached hydrogens (tertiary/aromatic N) is 4. The Morgan fingerprint density at radius 3 is 2.66 bits per heavy atom. The number of halogens is 1. The molecule has 5 rings (SSSR count). The fourth-order valence-corrected chi connectivity index (χ4v) is 6.48. The highest BCUT2D eigenvalue weighted by molar-refractivity contribution is 7.89. The molecule has 1 aromatic carbocycles. The maximum Gasteiger partial charge on any atom is 0.227 e. The van der Waals surface area contributed by atoms with Gasteiger partial charge in [-0.05, 0) is 30.2 Å². The molecule has 1 atom stereocenters. The fourth-order valence-electron chi connectivity index (χ4n) is 3.95. The maximum absolute atomic E-state index is 14.8. The number of nitrogen functional groups attached to an aromatic ring is 1. The van der Waals surface area contributed by atoms with Gasteiger partial charge in [-0.15, -0.1) is 0 Å². The lowest BCUT2D eigenvalue weighted by Crippen LogP contribution is -2.49. The van der Waals surface area contributed by atoms with E-state index >= 15 is 0 Å². The summed E-state index contributed by atoms with van der Waals surface area (Å²) in [6, 6.07) is 5.90. The van der Waals surface area contributed by atoms with Gasteiger partial charge in [0.1, 0.15) is 11.1 Å². The van der Waals surface area contributed by atoms with Crippen molar-refractivity contribution in [1.29, 1.82) is 0 Å². The zero-order valence-electron chi connectivity index (χ0n) is 18.7. The summed E-state index contributed by atoms with van der Waals surface area (Å²) in [7, 11) is -3.75. The molecule has 2 aromatic heterocycles. The molecule has 0 saturated carbocycles. The molecule has 182 valence electrons. The van der Waals surface area contributed by atoms with E-state index in [1.165, 1.54) is 21.7 Å². The van der Waals surface area contributed by atoms with E-state index in [9.17, 15) is 12.8 Å². The van der Waals surface area contributed by atoms with Crippen LogP contribution in [0.2, 0.25) is 0 Å². The minimum Gasteiger partial charge on any atom is -0.375 e. The standard InChI is InChI=1S/C23H24FN7O2S2/c24-18-12-17(4-6-21(18)35(32,33)31-9-7-26-8-10-31)29-23-27-13-16(14-28-23)2-1-15-3-5-19-20(11-15)34-22(25)30-19/h1-5,11-14,21,26H,6-10H2,(H2,25,30)(H,27,28,29)/b2-1+. The monoisotopic (exact) mass is 513 g/mol. The normalized spacial score (nSPS) is 19.6. The van der Waals surface area contributed by atoms with Gasteiger partial charge in [-0.1, -0.05) is 35.6 Å². The summed E-state index contributed by atoms with van der Waals surface area (Å²) >= 11 is 1.44. The van der Waals surface area contributed by atoms with Crippen molar-refractivity contribution in [2.75, 3.05) is 37.2 Å². The third-order valence-corrected chi connectivity index (χ3v) is 8.84. The molecule has 9 nitrogen and oxygen atoms in total. The molecule has 1 saturated heterocycles. The second-order valence-electron chi connectivity index (χ2n) is 8.18. The lowest BCUT2D eigenvalue weighted by atomic mass is 10.1. The summed E-state index contributed by atoms with van der Waals surface area (Å²) in [6.07, 6.45) is 10.0. The molecule has 35 heavy (non-hydrogen) atoms. The van der Waals surface area contributed by atoms with Gasteiger partial charge in [0.2, 0.25) is 16.0 Å². The quantitative estimate of drug-likeness (QED) is 0.459. The first-order chi connectivity index (χ1) is 16.9. The molecular weight excluding hydrogens is 489 g/mol. The largest absolute Gasteiger partial charge is 0.375 e. The van der Waals surface area contributed by atoms with E-state index < -0.39 is 21.1 Å². The van der Waals surface area contributed by atoms with Crippen molar-refractivity contribution in [1.82, 2.24) is 24.6 Å². The predicted molar refractivity (Wildman–Crippen MR) is 138 cm³/mol. The number of sulfonamides is 1. The third-order valence-electron chi connectivity index (χ3n) is 5.77. The third kappa shape index (κ3) is 5.25. The number of thiazole rings is 1. The Kier molecular flexibility index (Phi) is 6.60. The van der Waals surface area contributed by atoms with Crippen LogP contribution in [0, 0.1) is 0 Å². The number of allylic oxidation sites excluding steroid dienone is 2. The Labute approximate surface area is 206 Å². The Morgan fingerprint density at radius 2 is 1.91 bits per heavy atom. The summed E-state index contributed by atoms with van der Waals surface area (Å²) < 4.78 is 42.8. The average Bonchev–Trinajstić information content (AvgIpc) is 3.23. The van der Waals surface area contributed by atoms with Crippen LogP contribution in [0.15, 0.2) is 54.3 Å². The highest BCUT2D eigenvalue weighted by Gasteiger charge is 2.36. The number of piperazine rings is 1. The molecule has 1 unspecified atom stereocenters. The van der Waals surface area contributed by atoms with Crippen LogP contribution in [0.25, 0.3) is 22.4 Å². The Morgan fingerprint density at radius 1 is 1.17 bits per heavy atom. The molecule has 0 bridgehead atoms. The van der Waals surface area contributed by atoms with Crippen molar-refractivity contribution in [2.24, 2.45) is 0 Å². The van der Waals surface area contributed by atoms with Gasteiger partial charge in [0.05, 0.1) is 10.2 Å². The minimum atomic E-state index is -3.75. The zero-order chi connectivity index (χ0) is 24.4. The molecule has 4 N–H and O–H groups in total. The van der Waals surface area contributed by atoms with Gasteiger partial charge in [0.25, 0.3) is 0 Å². The molecule has 3 aromatic rings. The van der Waals surface area contributed by atoms with Crippen molar-refractivity contribution in [2.45, 2.75) is 11.7 Å². The van der Waals surface area contributed by atoms with Gasteiger partial charge >= 0.3 is 0 Å². The van der Waals surface area contributed by atoms with E-state index in [4.69, 9.17) is 5.73 Å². The summed E-state index contributed by atoms with van der Waals surface area (Å²) in [5, 5.41) is 5.40. The van der Waals surface area contributed by atoms with Crippen LogP contribution in [-0.4, -0.2) is 59.1 Å². The number of nitrogens with two attached hydrogens (primary N) is 1. The summed E-state index contributed by atoms with van der Waals surface area (Å²) in [5.41, 5.74) is 8.85.